The van der Waals surface area contributed by atoms with Gasteiger partial charge in [-0.05, 0) is 47.6 Å². The molecule has 2 unspecified atom stereocenters. The quantitative estimate of drug-likeness (QED) is 0.773. The standard InChI is InChI=1S/C23H27ClN2O/c1-2-22-19-13-25(12-17-6-4-3-5-7-17)14-20(22)16-26(15-19)23(27)18-8-10-21(24)11-9-18/h3-11,19-20,22H,2,12-16H2,1H3. The number of carbonyl (C=O) groups is 1. The molecule has 4 heteroatoms. The van der Waals surface area contributed by atoms with Gasteiger partial charge in [-0.1, -0.05) is 55.3 Å². The van der Waals surface area contributed by atoms with E-state index >= 15 is 0 Å². The van der Waals surface area contributed by atoms with Crippen LogP contribution in [0.25, 0.3) is 0 Å². The summed E-state index contributed by atoms with van der Waals surface area (Å²) in [5, 5.41) is 0.671. The minimum atomic E-state index is 0.146. The van der Waals surface area contributed by atoms with Crippen molar-refractivity contribution in [3.63, 3.8) is 0 Å². The van der Waals surface area contributed by atoms with Gasteiger partial charge in [-0.25, -0.2) is 0 Å². The predicted octanol–water partition coefficient (Wildman–Crippen LogP) is 4.57. The second kappa shape index (κ2) is 8.04. The normalized spacial score (nSPS) is 25.4. The number of carbonyl (C=O) groups excluding carboxylic acids is 1. The summed E-state index contributed by atoms with van der Waals surface area (Å²) in [6, 6.07) is 18.0. The van der Waals surface area contributed by atoms with Gasteiger partial charge in [0.1, 0.15) is 0 Å². The maximum atomic E-state index is 13.0. The van der Waals surface area contributed by atoms with Crippen LogP contribution in [-0.2, 0) is 6.54 Å². The number of rotatable bonds is 4. The fraction of sp³-hybridized carbons (Fsp3) is 0.435. The number of piperidine rings is 2. The van der Waals surface area contributed by atoms with Crippen molar-refractivity contribution in [2.75, 3.05) is 26.2 Å². The lowest BCUT2D eigenvalue weighted by Crippen LogP contribution is -2.58. The fourth-order valence-corrected chi connectivity index (χ4v) is 5.12. The highest BCUT2D eigenvalue weighted by Crippen LogP contribution is 2.37. The summed E-state index contributed by atoms with van der Waals surface area (Å²) in [4.78, 5) is 17.6. The molecule has 0 radical (unpaired) electrons. The number of benzene rings is 2. The lowest BCUT2D eigenvalue weighted by Gasteiger charge is -2.51. The van der Waals surface area contributed by atoms with E-state index in [0.717, 1.165) is 44.2 Å². The van der Waals surface area contributed by atoms with Gasteiger partial charge >= 0.3 is 0 Å². The summed E-state index contributed by atoms with van der Waals surface area (Å²) in [6.45, 7) is 7.19. The lowest BCUT2D eigenvalue weighted by atomic mass is 9.72. The van der Waals surface area contributed by atoms with Crippen LogP contribution < -0.4 is 0 Å². The molecule has 3 nitrogen and oxygen atoms in total. The van der Waals surface area contributed by atoms with Crippen molar-refractivity contribution in [3.05, 3.63) is 70.7 Å². The van der Waals surface area contributed by atoms with E-state index in [1.165, 1.54) is 12.0 Å². The molecule has 1 amide bonds. The summed E-state index contributed by atoms with van der Waals surface area (Å²) in [7, 11) is 0. The van der Waals surface area contributed by atoms with Crippen molar-refractivity contribution in [2.24, 2.45) is 17.8 Å². The fourth-order valence-electron chi connectivity index (χ4n) is 5.00. The molecule has 0 aromatic heterocycles. The zero-order valence-electron chi connectivity index (χ0n) is 15.9. The molecule has 2 saturated heterocycles. The smallest absolute Gasteiger partial charge is 0.253 e. The average molecular weight is 383 g/mol. The Bertz CT molecular complexity index is 761. The second-order valence-electron chi connectivity index (χ2n) is 7.99. The number of fused-ring (bicyclic) bond motifs is 2. The van der Waals surface area contributed by atoms with Crippen LogP contribution >= 0.6 is 11.6 Å². The maximum absolute atomic E-state index is 13.0. The van der Waals surface area contributed by atoms with Gasteiger partial charge in [-0.2, -0.15) is 0 Å². The van der Waals surface area contributed by atoms with Gasteiger partial charge in [0.2, 0.25) is 0 Å². The van der Waals surface area contributed by atoms with E-state index in [0.29, 0.717) is 16.9 Å². The second-order valence-corrected chi connectivity index (χ2v) is 8.43. The van der Waals surface area contributed by atoms with Crippen molar-refractivity contribution >= 4 is 17.5 Å². The summed E-state index contributed by atoms with van der Waals surface area (Å²) in [6.07, 6.45) is 1.21. The number of likely N-dealkylation sites (tertiary alicyclic amines) is 2. The summed E-state index contributed by atoms with van der Waals surface area (Å²) in [5.41, 5.74) is 2.12. The number of nitrogens with zero attached hydrogens (tertiary/aromatic N) is 2. The molecule has 4 rings (SSSR count). The third-order valence-electron chi connectivity index (χ3n) is 6.20. The van der Waals surface area contributed by atoms with Crippen LogP contribution in [0.4, 0.5) is 0 Å². The van der Waals surface area contributed by atoms with Gasteiger partial charge < -0.3 is 4.90 Å². The van der Waals surface area contributed by atoms with Crippen LogP contribution in [0.2, 0.25) is 5.02 Å². The molecule has 2 atom stereocenters. The summed E-state index contributed by atoms with van der Waals surface area (Å²) in [5.74, 6) is 1.99. The minimum absolute atomic E-state index is 0.146. The Kier molecular flexibility index (Phi) is 5.51. The van der Waals surface area contributed by atoms with E-state index in [-0.39, 0.29) is 5.91 Å². The monoisotopic (exact) mass is 382 g/mol. The summed E-state index contributed by atoms with van der Waals surface area (Å²) >= 11 is 5.97. The Morgan fingerprint density at radius 1 is 0.963 bits per heavy atom. The van der Waals surface area contributed by atoms with E-state index in [9.17, 15) is 4.79 Å². The zero-order valence-corrected chi connectivity index (χ0v) is 16.6. The Morgan fingerprint density at radius 3 is 2.19 bits per heavy atom. The Balaban J connectivity index is 1.46. The molecular weight excluding hydrogens is 356 g/mol. The van der Waals surface area contributed by atoms with Crippen LogP contribution in [0, 0.1) is 17.8 Å². The van der Waals surface area contributed by atoms with E-state index in [1.807, 2.05) is 12.1 Å². The first-order chi connectivity index (χ1) is 13.1. The number of hydrogen-bond donors (Lipinski definition) is 0. The van der Waals surface area contributed by atoms with E-state index in [4.69, 9.17) is 11.6 Å². The largest absolute Gasteiger partial charge is 0.338 e. The maximum Gasteiger partial charge on any atom is 0.253 e. The molecule has 2 fully saturated rings. The SMILES string of the molecule is CCC1C2CN(Cc3ccccc3)CC1CN(C(=O)c1ccc(Cl)cc1)C2. The van der Waals surface area contributed by atoms with Crippen molar-refractivity contribution in [1.29, 1.82) is 0 Å². The van der Waals surface area contributed by atoms with Crippen molar-refractivity contribution in [2.45, 2.75) is 19.9 Å². The zero-order chi connectivity index (χ0) is 18.8. The minimum Gasteiger partial charge on any atom is -0.338 e. The van der Waals surface area contributed by atoms with Crippen molar-refractivity contribution in [1.82, 2.24) is 9.80 Å². The van der Waals surface area contributed by atoms with Crippen LogP contribution in [0.5, 0.6) is 0 Å². The summed E-state index contributed by atoms with van der Waals surface area (Å²) < 4.78 is 0. The first-order valence-corrected chi connectivity index (χ1v) is 10.3. The molecule has 27 heavy (non-hydrogen) atoms. The van der Waals surface area contributed by atoms with E-state index in [2.05, 4.69) is 47.1 Å². The highest BCUT2D eigenvalue weighted by atomic mass is 35.5. The van der Waals surface area contributed by atoms with Gasteiger partial charge in [0.05, 0.1) is 0 Å². The van der Waals surface area contributed by atoms with E-state index < -0.39 is 0 Å². The molecule has 2 aromatic carbocycles. The first kappa shape index (κ1) is 18.5. The van der Waals surface area contributed by atoms with Crippen LogP contribution in [0.15, 0.2) is 54.6 Å². The molecule has 0 spiro atoms. The third kappa shape index (κ3) is 4.04. The van der Waals surface area contributed by atoms with Gasteiger partial charge in [0, 0.05) is 43.3 Å². The highest BCUT2D eigenvalue weighted by Gasteiger charge is 2.42. The molecule has 0 N–H and O–H groups in total. The molecule has 2 aliphatic heterocycles. The molecule has 2 heterocycles. The molecule has 2 bridgehead atoms. The predicted molar refractivity (Wildman–Crippen MR) is 110 cm³/mol. The Labute approximate surface area is 166 Å². The highest BCUT2D eigenvalue weighted by molar-refractivity contribution is 6.30. The van der Waals surface area contributed by atoms with Crippen molar-refractivity contribution in [3.8, 4) is 0 Å². The molecule has 142 valence electrons. The number of halogens is 1. The van der Waals surface area contributed by atoms with Gasteiger partial charge in [-0.3, -0.25) is 9.69 Å². The lowest BCUT2D eigenvalue weighted by molar-refractivity contribution is -0.0193. The van der Waals surface area contributed by atoms with Gasteiger partial charge in [-0.15, -0.1) is 0 Å². The van der Waals surface area contributed by atoms with Crippen molar-refractivity contribution < 1.29 is 4.79 Å². The number of amides is 1. The van der Waals surface area contributed by atoms with Gasteiger partial charge in [0.25, 0.3) is 5.91 Å². The molecule has 0 saturated carbocycles. The first-order valence-electron chi connectivity index (χ1n) is 9.95. The molecular formula is C23H27ClN2O. The Hall–Kier alpha value is -1.84. The van der Waals surface area contributed by atoms with Gasteiger partial charge in [0.15, 0.2) is 0 Å². The molecule has 2 aliphatic rings. The third-order valence-corrected chi connectivity index (χ3v) is 6.46. The topological polar surface area (TPSA) is 23.6 Å². The average Bonchev–Trinajstić information content (AvgIpc) is 2.67. The Morgan fingerprint density at radius 2 is 1.59 bits per heavy atom. The van der Waals surface area contributed by atoms with Crippen LogP contribution in [-0.4, -0.2) is 41.9 Å². The number of hydrogen-bond acceptors (Lipinski definition) is 2. The van der Waals surface area contributed by atoms with Crippen LogP contribution in [0.3, 0.4) is 0 Å². The van der Waals surface area contributed by atoms with E-state index in [1.54, 1.807) is 12.1 Å². The van der Waals surface area contributed by atoms with Crippen LogP contribution in [0.1, 0.15) is 29.3 Å². The molecule has 2 aromatic rings. The molecule has 0 aliphatic carbocycles.